The first kappa shape index (κ1) is 22.2. The lowest BCUT2D eigenvalue weighted by atomic mass is 10.1. The molecular formula is C24H19N3O5S. The minimum Gasteiger partial charge on any atom is -0.455 e. The molecule has 0 unspecified atom stereocenters. The van der Waals surface area contributed by atoms with Gasteiger partial charge in [-0.3, -0.25) is 14.4 Å². The summed E-state index contributed by atoms with van der Waals surface area (Å²) in [6, 6.07) is 20.4. The van der Waals surface area contributed by atoms with Gasteiger partial charge in [-0.25, -0.2) is 0 Å². The first-order chi connectivity index (χ1) is 16.0. The molecule has 0 fully saturated rings. The number of hydrogen-bond donors (Lipinski definition) is 1. The molecule has 1 amide bonds. The van der Waals surface area contributed by atoms with Crippen molar-refractivity contribution >= 4 is 45.9 Å². The van der Waals surface area contributed by atoms with Gasteiger partial charge in [0.1, 0.15) is 5.75 Å². The molecule has 3 aromatic carbocycles. The Morgan fingerprint density at radius 3 is 2.55 bits per heavy atom. The predicted octanol–water partition coefficient (Wildman–Crippen LogP) is 4.37. The Balaban J connectivity index is 1.27. The van der Waals surface area contributed by atoms with E-state index < -0.39 is 18.5 Å². The number of nitrogens with one attached hydrogen (secondary N) is 1. The van der Waals surface area contributed by atoms with Crippen molar-refractivity contribution in [3.8, 4) is 11.5 Å². The number of anilines is 1. The van der Waals surface area contributed by atoms with Crippen LogP contribution in [0.1, 0.15) is 17.3 Å². The summed E-state index contributed by atoms with van der Waals surface area (Å²) in [4.78, 5) is 35.7. The minimum absolute atomic E-state index is 0.101. The highest BCUT2D eigenvalue weighted by Gasteiger charge is 2.15. The normalized spacial score (nSPS) is 10.7. The number of ketones is 1. The number of amides is 1. The number of carbonyl (C=O) groups is 3. The number of para-hydroxylation sites is 1. The quantitative estimate of drug-likeness (QED) is 0.234. The van der Waals surface area contributed by atoms with Crippen LogP contribution in [-0.2, 0) is 14.3 Å². The number of ether oxygens (including phenoxy) is 1. The van der Waals surface area contributed by atoms with Crippen LogP contribution in [0.4, 0.5) is 5.69 Å². The number of benzene rings is 3. The first-order valence-corrected chi connectivity index (χ1v) is 11.0. The zero-order chi connectivity index (χ0) is 23.2. The number of carbonyl (C=O) groups excluding carboxylic acids is 3. The second-order valence-corrected chi connectivity index (χ2v) is 7.96. The Bertz CT molecular complexity index is 1330. The van der Waals surface area contributed by atoms with Crippen molar-refractivity contribution in [2.45, 2.75) is 12.1 Å². The standard InChI is InChI=1S/C24H19N3O5S/c1-15(28)19-8-4-5-9-20(19)25-21(29)13-31-22(30)14-33-24-27-26-23(32-24)18-11-10-16-6-2-3-7-17(16)12-18/h2-12H,13-14H2,1H3,(H,25,29). The minimum atomic E-state index is -0.611. The van der Waals surface area contributed by atoms with Crippen LogP contribution in [0.5, 0.6) is 0 Å². The van der Waals surface area contributed by atoms with E-state index >= 15 is 0 Å². The average Bonchev–Trinajstić information content (AvgIpc) is 3.30. The number of esters is 1. The van der Waals surface area contributed by atoms with E-state index in [4.69, 9.17) is 9.15 Å². The summed E-state index contributed by atoms with van der Waals surface area (Å²) in [7, 11) is 0. The van der Waals surface area contributed by atoms with Gasteiger partial charge in [0.2, 0.25) is 5.89 Å². The zero-order valence-corrected chi connectivity index (χ0v) is 18.4. The van der Waals surface area contributed by atoms with Crippen LogP contribution < -0.4 is 5.32 Å². The fraction of sp³-hybridized carbons (Fsp3) is 0.125. The van der Waals surface area contributed by atoms with Gasteiger partial charge >= 0.3 is 5.97 Å². The Hall–Kier alpha value is -3.98. The van der Waals surface area contributed by atoms with E-state index in [1.165, 1.54) is 6.92 Å². The molecule has 0 aliphatic heterocycles. The second kappa shape index (κ2) is 10.1. The van der Waals surface area contributed by atoms with Gasteiger partial charge in [0.25, 0.3) is 11.1 Å². The number of fused-ring (bicyclic) bond motifs is 1. The summed E-state index contributed by atoms with van der Waals surface area (Å²) < 4.78 is 10.6. The third-order valence-electron chi connectivity index (χ3n) is 4.66. The molecule has 4 aromatic rings. The number of thioether (sulfide) groups is 1. The molecule has 9 heteroatoms. The lowest BCUT2D eigenvalue weighted by Crippen LogP contribution is -2.22. The van der Waals surface area contributed by atoms with Crippen LogP contribution in [0.25, 0.3) is 22.2 Å². The fourth-order valence-electron chi connectivity index (χ4n) is 3.10. The van der Waals surface area contributed by atoms with Crippen molar-refractivity contribution in [2.24, 2.45) is 0 Å². The molecule has 0 bridgehead atoms. The average molecular weight is 461 g/mol. The van der Waals surface area contributed by atoms with Crippen LogP contribution in [0.15, 0.2) is 76.4 Å². The highest BCUT2D eigenvalue weighted by Crippen LogP contribution is 2.26. The second-order valence-electron chi connectivity index (χ2n) is 7.03. The fourth-order valence-corrected chi connectivity index (χ4v) is 3.66. The van der Waals surface area contributed by atoms with Gasteiger partial charge in [-0.1, -0.05) is 54.2 Å². The maximum atomic E-state index is 12.1. The number of rotatable bonds is 8. The van der Waals surface area contributed by atoms with Crippen LogP contribution in [0.2, 0.25) is 0 Å². The van der Waals surface area contributed by atoms with Gasteiger partial charge in [0, 0.05) is 11.1 Å². The molecule has 1 N–H and O–H groups in total. The highest BCUT2D eigenvalue weighted by molar-refractivity contribution is 7.99. The lowest BCUT2D eigenvalue weighted by Gasteiger charge is -2.09. The van der Waals surface area contributed by atoms with Crippen molar-refractivity contribution in [3.05, 3.63) is 72.3 Å². The SMILES string of the molecule is CC(=O)c1ccccc1NC(=O)COC(=O)CSc1nnc(-c2ccc3ccccc3c2)o1. The molecule has 4 rings (SSSR count). The molecule has 0 saturated carbocycles. The van der Waals surface area contributed by atoms with Gasteiger partial charge in [-0.2, -0.15) is 0 Å². The maximum Gasteiger partial charge on any atom is 0.316 e. The van der Waals surface area contributed by atoms with Crippen LogP contribution >= 0.6 is 11.8 Å². The molecule has 0 saturated heterocycles. The summed E-state index contributed by atoms with van der Waals surface area (Å²) in [6.45, 7) is 0.934. The van der Waals surface area contributed by atoms with Crippen LogP contribution in [-0.4, -0.2) is 40.2 Å². The Kier molecular flexibility index (Phi) is 6.80. The molecule has 166 valence electrons. The molecule has 8 nitrogen and oxygen atoms in total. The largest absolute Gasteiger partial charge is 0.455 e. The highest BCUT2D eigenvalue weighted by atomic mass is 32.2. The number of nitrogens with zero attached hydrogens (tertiary/aromatic N) is 2. The van der Waals surface area contributed by atoms with Crippen LogP contribution in [0.3, 0.4) is 0 Å². The summed E-state index contributed by atoms with van der Waals surface area (Å²) in [6.07, 6.45) is 0. The lowest BCUT2D eigenvalue weighted by molar-refractivity contribution is -0.144. The summed E-state index contributed by atoms with van der Waals surface area (Å²) in [5.41, 5.74) is 1.52. The summed E-state index contributed by atoms with van der Waals surface area (Å²) in [5, 5.41) is 12.9. The molecule has 1 aromatic heterocycles. The third-order valence-corrected chi connectivity index (χ3v) is 5.45. The maximum absolute atomic E-state index is 12.1. The van der Waals surface area contributed by atoms with E-state index in [1.54, 1.807) is 24.3 Å². The smallest absolute Gasteiger partial charge is 0.316 e. The first-order valence-electron chi connectivity index (χ1n) is 10.0. The Labute approximate surface area is 193 Å². The zero-order valence-electron chi connectivity index (χ0n) is 17.6. The van der Waals surface area contributed by atoms with Gasteiger partial charge in [-0.15, -0.1) is 10.2 Å². The van der Waals surface area contributed by atoms with Crippen molar-refractivity contribution in [2.75, 3.05) is 17.7 Å². The Morgan fingerprint density at radius 2 is 1.73 bits per heavy atom. The van der Waals surface area contributed by atoms with Crippen molar-refractivity contribution in [1.29, 1.82) is 0 Å². The molecule has 0 radical (unpaired) electrons. The van der Waals surface area contributed by atoms with E-state index in [-0.39, 0.29) is 16.8 Å². The monoisotopic (exact) mass is 461 g/mol. The molecule has 1 heterocycles. The van der Waals surface area contributed by atoms with E-state index in [0.29, 0.717) is 17.1 Å². The summed E-state index contributed by atoms with van der Waals surface area (Å²) >= 11 is 1.02. The molecule has 0 aliphatic rings. The Morgan fingerprint density at radius 1 is 0.970 bits per heavy atom. The van der Waals surface area contributed by atoms with E-state index in [9.17, 15) is 14.4 Å². The molecule has 0 aliphatic carbocycles. The number of aromatic nitrogens is 2. The van der Waals surface area contributed by atoms with E-state index in [1.807, 2.05) is 42.5 Å². The van der Waals surface area contributed by atoms with Gasteiger partial charge in [-0.05, 0) is 42.0 Å². The number of Topliss-reactive ketones (excluding diaryl/α,β-unsaturated/α-hetero) is 1. The molecule has 33 heavy (non-hydrogen) atoms. The predicted molar refractivity (Wildman–Crippen MR) is 124 cm³/mol. The van der Waals surface area contributed by atoms with Crippen molar-refractivity contribution in [3.63, 3.8) is 0 Å². The molecule has 0 atom stereocenters. The van der Waals surface area contributed by atoms with Gasteiger partial charge < -0.3 is 14.5 Å². The van der Waals surface area contributed by atoms with Crippen LogP contribution in [0, 0.1) is 0 Å². The van der Waals surface area contributed by atoms with Gasteiger partial charge in [0.15, 0.2) is 12.4 Å². The molecular weight excluding hydrogens is 442 g/mol. The number of hydrogen-bond acceptors (Lipinski definition) is 8. The van der Waals surface area contributed by atoms with Crippen molar-refractivity contribution < 1.29 is 23.5 Å². The molecule has 0 spiro atoms. The third kappa shape index (κ3) is 5.64. The van der Waals surface area contributed by atoms with E-state index in [0.717, 1.165) is 28.1 Å². The topological polar surface area (TPSA) is 111 Å². The van der Waals surface area contributed by atoms with Crippen molar-refractivity contribution in [1.82, 2.24) is 10.2 Å². The van der Waals surface area contributed by atoms with Gasteiger partial charge in [0.05, 0.1) is 5.69 Å². The summed E-state index contributed by atoms with van der Waals surface area (Å²) in [5.74, 6) is -1.09. The van der Waals surface area contributed by atoms with E-state index in [2.05, 4.69) is 15.5 Å².